The molecular formula is C32H48N2S5. The summed E-state index contributed by atoms with van der Waals surface area (Å²) < 4.78 is 6.43. The number of nitriles is 2. The van der Waals surface area contributed by atoms with E-state index in [1.807, 2.05) is 47.0 Å². The van der Waals surface area contributed by atoms with Crippen molar-refractivity contribution in [2.75, 3.05) is 11.5 Å². The lowest BCUT2D eigenvalue weighted by atomic mass is 10.1. The Balaban J connectivity index is 2.15. The van der Waals surface area contributed by atoms with E-state index in [0.29, 0.717) is 0 Å². The van der Waals surface area contributed by atoms with Crippen LogP contribution in [0.25, 0.3) is 9.81 Å². The molecule has 1 aromatic heterocycles. The zero-order chi connectivity index (χ0) is 28.1. The van der Waals surface area contributed by atoms with Gasteiger partial charge in [0.25, 0.3) is 0 Å². The molecule has 1 aliphatic heterocycles. The Morgan fingerprint density at radius 3 is 1.62 bits per heavy atom. The van der Waals surface area contributed by atoms with Gasteiger partial charge in [0, 0.05) is 4.53 Å². The number of hydrogen-bond donors (Lipinski definition) is 0. The van der Waals surface area contributed by atoms with Gasteiger partial charge in [-0.1, -0.05) is 128 Å². The van der Waals surface area contributed by atoms with Crippen LogP contribution in [0.4, 0.5) is 0 Å². The SMILES string of the molecule is CCCCCCCCSC1=C(SCCCCCCCC)SC(=c2cc(CCCCCC)c(=C(C#N)C#N)s2)S1. The summed E-state index contributed by atoms with van der Waals surface area (Å²) in [5.74, 6) is 2.39. The summed E-state index contributed by atoms with van der Waals surface area (Å²) in [6, 6.07) is 6.61. The highest BCUT2D eigenvalue weighted by Gasteiger charge is 2.23. The number of thiophene rings is 1. The molecule has 0 unspecified atom stereocenters. The molecule has 0 spiro atoms. The number of rotatable bonds is 21. The maximum atomic E-state index is 9.61. The lowest BCUT2D eigenvalue weighted by Gasteiger charge is -2.05. The van der Waals surface area contributed by atoms with Crippen LogP contribution in [0.15, 0.2) is 14.5 Å². The molecule has 0 fully saturated rings. The highest BCUT2D eigenvalue weighted by atomic mass is 32.3. The second kappa shape index (κ2) is 22.2. The summed E-state index contributed by atoms with van der Waals surface area (Å²) in [6.07, 6.45) is 21.8. The number of unbranched alkanes of at least 4 members (excludes halogenated alkanes) is 13. The third-order valence-electron chi connectivity index (χ3n) is 6.76. The largest absolute Gasteiger partial charge is 0.192 e. The Morgan fingerprint density at radius 1 is 0.667 bits per heavy atom. The smallest absolute Gasteiger partial charge is 0.147 e. The van der Waals surface area contributed by atoms with Gasteiger partial charge in [-0.25, -0.2) is 0 Å². The maximum absolute atomic E-state index is 9.61. The van der Waals surface area contributed by atoms with E-state index in [1.165, 1.54) is 131 Å². The van der Waals surface area contributed by atoms with Crippen molar-refractivity contribution >= 4 is 68.2 Å². The van der Waals surface area contributed by atoms with Crippen LogP contribution >= 0.6 is 58.4 Å². The molecule has 1 aliphatic rings. The highest BCUT2D eigenvalue weighted by molar-refractivity contribution is 8.45. The second-order valence-corrected chi connectivity index (χ2v) is 16.3. The van der Waals surface area contributed by atoms with Crippen molar-refractivity contribution in [1.29, 1.82) is 10.5 Å². The maximum Gasteiger partial charge on any atom is 0.147 e. The van der Waals surface area contributed by atoms with E-state index in [1.54, 1.807) is 11.3 Å². The van der Waals surface area contributed by atoms with Crippen LogP contribution in [0.5, 0.6) is 0 Å². The van der Waals surface area contributed by atoms with E-state index in [4.69, 9.17) is 0 Å². The third kappa shape index (κ3) is 13.4. The van der Waals surface area contributed by atoms with Gasteiger partial charge in [0.2, 0.25) is 0 Å². The average Bonchev–Trinajstić information content (AvgIpc) is 3.55. The Hall–Kier alpha value is -0.440. The van der Waals surface area contributed by atoms with Gasteiger partial charge in [-0.2, -0.15) is 10.5 Å². The fourth-order valence-corrected chi connectivity index (χ4v) is 11.7. The van der Waals surface area contributed by atoms with Crippen molar-refractivity contribution in [1.82, 2.24) is 0 Å². The van der Waals surface area contributed by atoms with E-state index in [-0.39, 0.29) is 5.57 Å². The summed E-state index contributed by atoms with van der Waals surface area (Å²) in [7, 11) is 0. The molecule has 216 valence electrons. The van der Waals surface area contributed by atoms with Crippen LogP contribution in [-0.2, 0) is 6.42 Å². The minimum Gasteiger partial charge on any atom is -0.192 e. The molecule has 0 atom stereocenters. The molecule has 2 heterocycles. The zero-order valence-corrected chi connectivity index (χ0v) is 28.5. The molecule has 0 amide bonds. The van der Waals surface area contributed by atoms with Crippen LogP contribution < -0.4 is 9.06 Å². The van der Waals surface area contributed by atoms with E-state index in [9.17, 15) is 10.5 Å². The van der Waals surface area contributed by atoms with Gasteiger partial charge >= 0.3 is 0 Å². The normalized spacial score (nSPS) is 13.2. The first kappa shape index (κ1) is 34.8. The van der Waals surface area contributed by atoms with Crippen LogP contribution in [0, 0.1) is 22.7 Å². The first-order valence-electron chi connectivity index (χ1n) is 15.2. The summed E-state index contributed by atoms with van der Waals surface area (Å²) in [4.78, 5) is 0. The fourth-order valence-electron chi connectivity index (χ4n) is 4.44. The van der Waals surface area contributed by atoms with Gasteiger partial charge in [0.1, 0.15) is 17.7 Å². The van der Waals surface area contributed by atoms with Gasteiger partial charge < -0.3 is 0 Å². The minimum atomic E-state index is 0.272. The molecule has 2 rings (SSSR count). The molecule has 39 heavy (non-hydrogen) atoms. The van der Waals surface area contributed by atoms with Gasteiger partial charge in [-0.15, -0.1) is 34.9 Å². The van der Waals surface area contributed by atoms with Crippen molar-refractivity contribution in [2.24, 2.45) is 0 Å². The summed E-state index contributed by atoms with van der Waals surface area (Å²) in [5.41, 5.74) is 1.46. The van der Waals surface area contributed by atoms with Crippen LogP contribution in [0.3, 0.4) is 0 Å². The van der Waals surface area contributed by atoms with E-state index in [2.05, 4.69) is 39.0 Å². The second-order valence-electron chi connectivity index (χ2n) is 10.2. The molecule has 1 aromatic rings. The lowest BCUT2D eigenvalue weighted by Crippen LogP contribution is -2.05. The predicted molar refractivity (Wildman–Crippen MR) is 183 cm³/mol. The molecule has 0 radical (unpaired) electrons. The topological polar surface area (TPSA) is 47.6 Å². The molecule has 7 heteroatoms. The zero-order valence-electron chi connectivity index (χ0n) is 24.4. The average molecular weight is 621 g/mol. The van der Waals surface area contributed by atoms with Crippen LogP contribution in [-0.4, -0.2) is 11.5 Å². The van der Waals surface area contributed by atoms with Crippen LogP contribution in [0.2, 0.25) is 0 Å². The van der Waals surface area contributed by atoms with E-state index < -0.39 is 0 Å². The lowest BCUT2D eigenvalue weighted by molar-refractivity contribution is 0.627. The Morgan fingerprint density at radius 2 is 1.13 bits per heavy atom. The fraction of sp³-hybridized carbons (Fsp3) is 0.688. The molecule has 0 N–H and O–H groups in total. The van der Waals surface area contributed by atoms with Gasteiger partial charge in [0.05, 0.1) is 17.2 Å². The number of aryl methyl sites for hydroxylation is 1. The van der Waals surface area contributed by atoms with Crippen molar-refractivity contribution < 1.29 is 0 Å². The number of hydrogen-bond acceptors (Lipinski definition) is 7. The molecule has 0 saturated carbocycles. The van der Waals surface area contributed by atoms with E-state index in [0.717, 1.165) is 17.4 Å². The predicted octanol–water partition coefficient (Wildman–Crippen LogP) is 10.9. The van der Waals surface area contributed by atoms with Gasteiger partial charge in [-0.3, -0.25) is 0 Å². The Bertz CT molecular complexity index is 1030. The summed E-state index contributed by atoms with van der Waals surface area (Å²) in [5, 5.41) is 19.2. The molecular weight excluding hydrogens is 573 g/mol. The Labute approximate surface area is 259 Å². The van der Waals surface area contributed by atoms with Gasteiger partial charge in [0.15, 0.2) is 0 Å². The van der Waals surface area contributed by atoms with Crippen LogP contribution in [0.1, 0.15) is 129 Å². The standard InChI is InChI=1S/C32H48N2S5/c1-4-7-10-13-15-18-21-35-31-32(36-22-19-16-14-11-8-5-2)39-30(38-31)28-23-26(20-17-12-9-6-3)29(37-28)27(24-33)25-34/h23H,4-22H2,1-3H3. The molecule has 0 aromatic carbocycles. The summed E-state index contributed by atoms with van der Waals surface area (Å²) >= 11 is 9.63. The number of nitrogens with zero attached hydrogens (tertiary/aromatic N) is 2. The van der Waals surface area contributed by atoms with Crippen molar-refractivity contribution in [2.45, 2.75) is 130 Å². The summed E-state index contributed by atoms with van der Waals surface area (Å²) in [6.45, 7) is 6.79. The first-order chi connectivity index (χ1) is 19.2. The van der Waals surface area contributed by atoms with Crippen molar-refractivity contribution in [3.05, 3.63) is 29.2 Å². The monoisotopic (exact) mass is 620 g/mol. The van der Waals surface area contributed by atoms with E-state index >= 15 is 0 Å². The van der Waals surface area contributed by atoms with Crippen molar-refractivity contribution in [3.63, 3.8) is 0 Å². The molecule has 2 nitrogen and oxygen atoms in total. The minimum absolute atomic E-state index is 0.272. The molecule has 0 aliphatic carbocycles. The molecule has 0 bridgehead atoms. The Kier molecular flexibility index (Phi) is 19.8. The quantitative estimate of drug-likeness (QED) is 0.127. The third-order valence-corrected chi connectivity index (χ3v) is 14.0. The number of thioether (sulfide) groups is 4. The highest BCUT2D eigenvalue weighted by Crippen LogP contribution is 2.58. The van der Waals surface area contributed by atoms with Gasteiger partial charge in [-0.05, 0) is 48.8 Å². The first-order valence-corrected chi connectivity index (χ1v) is 19.6. The van der Waals surface area contributed by atoms with Crippen molar-refractivity contribution in [3.8, 4) is 12.1 Å². The molecule has 0 saturated heterocycles.